The molecule has 0 atom stereocenters. The van der Waals surface area contributed by atoms with E-state index in [9.17, 15) is 9.59 Å². The molecule has 0 fully saturated rings. The van der Waals surface area contributed by atoms with Gasteiger partial charge in [-0.05, 0) is 29.8 Å². The molecule has 0 bridgehead atoms. The van der Waals surface area contributed by atoms with Crippen molar-refractivity contribution in [3.63, 3.8) is 0 Å². The number of carbonyl (C=O) groups is 2. The highest BCUT2D eigenvalue weighted by Crippen LogP contribution is 2.17. The van der Waals surface area contributed by atoms with Crippen molar-refractivity contribution in [3.05, 3.63) is 69.4 Å². The number of anilines is 1. The van der Waals surface area contributed by atoms with Gasteiger partial charge < -0.3 is 15.4 Å². The summed E-state index contributed by atoms with van der Waals surface area (Å²) in [6.07, 6.45) is 3.35. The normalized spacial score (nSPS) is 10.5. The highest BCUT2D eigenvalue weighted by Gasteiger charge is 2.14. The first-order valence-electron chi connectivity index (χ1n) is 8.23. The van der Waals surface area contributed by atoms with Gasteiger partial charge in [0.15, 0.2) is 0 Å². The molecule has 2 aromatic heterocycles. The number of aromatic nitrogens is 3. The number of hydrogen-bond donors (Lipinski definition) is 2. The average molecular weight is 418 g/mol. The van der Waals surface area contributed by atoms with Gasteiger partial charge >= 0.3 is 0 Å². The van der Waals surface area contributed by atoms with Crippen LogP contribution < -0.4 is 10.6 Å². The molecule has 0 saturated carbocycles. The predicted octanol–water partition coefficient (Wildman–Crippen LogP) is 2.67. The Labute approximate surface area is 169 Å². The van der Waals surface area contributed by atoms with E-state index >= 15 is 0 Å². The Morgan fingerprint density at radius 3 is 2.86 bits per heavy atom. The smallest absolute Gasteiger partial charge is 0.286 e. The lowest BCUT2D eigenvalue weighted by molar-refractivity contribution is -0.126. The van der Waals surface area contributed by atoms with Crippen LogP contribution in [0.2, 0.25) is 5.02 Å². The fraction of sp³-hybridized carbons (Fsp3) is 0.167. The van der Waals surface area contributed by atoms with E-state index < -0.39 is 0 Å². The number of nitrogens with one attached hydrogen (secondary N) is 2. The van der Waals surface area contributed by atoms with E-state index in [0.29, 0.717) is 22.3 Å². The summed E-state index contributed by atoms with van der Waals surface area (Å²) in [5.74, 6) is -0.646. The lowest BCUT2D eigenvalue weighted by atomic mass is 10.3. The second-order valence-corrected chi connectivity index (χ2v) is 7.09. The van der Waals surface area contributed by atoms with Crippen molar-refractivity contribution in [1.82, 2.24) is 20.5 Å². The van der Waals surface area contributed by atoms with E-state index in [1.54, 1.807) is 42.7 Å². The van der Waals surface area contributed by atoms with Gasteiger partial charge in [-0.1, -0.05) is 35.1 Å². The van der Waals surface area contributed by atoms with Crippen molar-refractivity contribution in [1.29, 1.82) is 0 Å². The summed E-state index contributed by atoms with van der Waals surface area (Å²) in [4.78, 5) is 27.9. The molecular formula is C18H16ClN5O3S. The maximum absolute atomic E-state index is 12.2. The summed E-state index contributed by atoms with van der Waals surface area (Å²) in [5.41, 5.74) is 1.46. The van der Waals surface area contributed by atoms with Gasteiger partial charge in [0.1, 0.15) is 18.2 Å². The maximum atomic E-state index is 12.2. The van der Waals surface area contributed by atoms with E-state index in [-0.39, 0.29) is 30.0 Å². The highest BCUT2D eigenvalue weighted by molar-refractivity contribution is 7.13. The van der Waals surface area contributed by atoms with Crippen molar-refractivity contribution in [2.75, 3.05) is 11.9 Å². The molecule has 0 unspecified atom stereocenters. The van der Waals surface area contributed by atoms with Gasteiger partial charge in [0.05, 0.1) is 0 Å². The van der Waals surface area contributed by atoms with Crippen molar-refractivity contribution in [3.8, 4) is 0 Å². The Morgan fingerprint density at radius 2 is 2.07 bits per heavy atom. The Hall–Kier alpha value is -2.88. The minimum atomic E-state index is -0.389. The molecule has 0 radical (unpaired) electrons. The molecule has 3 aromatic rings. The molecule has 144 valence electrons. The molecule has 0 aliphatic rings. The summed E-state index contributed by atoms with van der Waals surface area (Å²) in [6, 6.07) is 10.5. The third-order valence-corrected chi connectivity index (χ3v) is 4.55. The fourth-order valence-corrected chi connectivity index (χ4v) is 3.00. The zero-order valence-corrected chi connectivity index (χ0v) is 16.2. The Balaban J connectivity index is 1.41. The second-order valence-electron chi connectivity index (χ2n) is 5.60. The van der Waals surface area contributed by atoms with Crippen LogP contribution in [0.1, 0.15) is 20.4 Å². The quantitative estimate of drug-likeness (QED) is 0.583. The van der Waals surface area contributed by atoms with Gasteiger partial charge in [-0.2, -0.15) is 0 Å². The lowest BCUT2D eigenvalue weighted by Crippen LogP contribution is -2.27. The van der Waals surface area contributed by atoms with Crippen LogP contribution in [0.15, 0.2) is 48.8 Å². The molecule has 2 heterocycles. The van der Waals surface area contributed by atoms with Gasteiger partial charge in [0, 0.05) is 29.6 Å². The van der Waals surface area contributed by atoms with Gasteiger partial charge in [0.25, 0.3) is 5.91 Å². The number of nitrogens with zero attached hydrogens (tertiary/aromatic N) is 3. The first kappa shape index (κ1) is 19.9. The van der Waals surface area contributed by atoms with E-state index in [2.05, 4.69) is 25.8 Å². The van der Waals surface area contributed by atoms with Gasteiger partial charge in [-0.3, -0.25) is 14.6 Å². The van der Waals surface area contributed by atoms with Crippen molar-refractivity contribution in [2.45, 2.75) is 13.2 Å². The molecule has 8 nitrogen and oxygen atoms in total. The third kappa shape index (κ3) is 6.08. The molecule has 1 aromatic carbocycles. The van der Waals surface area contributed by atoms with Crippen LogP contribution in [-0.4, -0.2) is 33.6 Å². The Bertz CT molecular complexity index is 951. The maximum Gasteiger partial charge on any atom is 0.286 e. The zero-order valence-electron chi connectivity index (χ0n) is 14.6. The van der Waals surface area contributed by atoms with Crippen LogP contribution in [-0.2, 0) is 22.7 Å². The highest BCUT2D eigenvalue weighted by atomic mass is 35.5. The van der Waals surface area contributed by atoms with Gasteiger partial charge in [0.2, 0.25) is 10.9 Å². The van der Waals surface area contributed by atoms with Crippen LogP contribution in [0.25, 0.3) is 0 Å². The minimum absolute atomic E-state index is 0.0857. The molecule has 0 aliphatic carbocycles. The fourth-order valence-electron chi connectivity index (χ4n) is 2.14. The molecule has 0 spiro atoms. The van der Waals surface area contributed by atoms with Crippen LogP contribution >= 0.6 is 22.9 Å². The van der Waals surface area contributed by atoms with E-state index in [1.165, 1.54) is 0 Å². The molecule has 2 amide bonds. The van der Waals surface area contributed by atoms with Gasteiger partial charge in [-0.15, -0.1) is 10.2 Å². The standard InChI is InChI=1S/C18H16ClN5O3S/c19-13-4-1-5-14(7-13)22-17(26)18-24-23-16(28-18)11-27-10-15(25)21-9-12-3-2-6-20-8-12/h1-8H,9-11H2,(H,21,25)(H,22,26). The van der Waals surface area contributed by atoms with Crippen LogP contribution in [0.3, 0.4) is 0 Å². The topological polar surface area (TPSA) is 106 Å². The number of benzene rings is 1. The summed E-state index contributed by atoms with van der Waals surface area (Å²) >= 11 is 6.98. The Kier molecular flexibility index (Phi) is 7.01. The van der Waals surface area contributed by atoms with E-state index in [4.69, 9.17) is 16.3 Å². The third-order valence-electron chi connectivity index (χ3n) is 3.41. The van der Waals surface area contributed by atoms with Crippen LogP contribution in [0, 0.1) is 0 Å². The van der Waals surface area contributed by atoms with Crippen LogP contribution in [0.5, 0.6) is 0 Å². The molecular weight excluding hydrogens is 402 g/mol. The summed E-state index contributed by atoms with van der Waals surface area (Å²) in [7, 11) is 0. The SMILES string of the molecule is O=C(COCc1nnc(C(=O)Nc2cccc(Cl)c2)s1)NCc1cccnc1. The number of hydrogen-bond acceptors (Lipinski definition) is 7. The number of carbonyl (C=O) groups excluding carboxylic acids is 2. The summed E-state index contributed by atoms with van der Waals surface area (Å²) in [5, 5.41) is 14.4. The molecule has 2 N–H and O–H groups in total. The van der Waals surface area contributed by atoms with E-state index in [0.717, 1.165) is 16.9 Å². The largest absolute Gasteiger partial charge is 0.364 e. The Morgan fingerprint density at radius 1 is 1.18 bits per heavy atom. The number of pyridine rings is 1. The molecule has 3 rings (SSSR count). The molecule has 28 heavy (non-hydrogen) atoms. The number of halogens is 1. The summed E-state index contributed by atoms with van der Waals surface area (Å²) < 4.78 is 5.33. The average Bonchev–Trinajstić information content (AvgIpc) is 3.16. The molecule has 0 saturated heterocycles. The minimum Gasteiger partial charge on any atom is -0.364 e. The lowest BCUT2D eigenvalue weighted by Gasteiger charge is -2.05. The number of amides is 2. The van der Waals surface area contributed by atoms with E-state index in [1.807, 2.05) is 6.07 Å². The zero-order chi connectivity index (χ0) is 19.8. The molecule has 0 aliphatic heterocycles. The monoisotopic (exact) mass is 417 g/mol. The second kappa shape index (κ2) is 9.88. The number of ether oxygens (including phenoxy) is 1. The van der Waals surface area contributed by atoms with Crippen molar-refractivity contribution in [2.24, 2.45) is 0 Å². The first-order valence-corrected chi connectivity index (χ1v) is 9.42. The van der Waals surface area contributed by atoms with Gasteiger partial charge in [-0.25, -0.2) is 0 Å². The molecule has 10 heteroatoms. The predicted molar refractivity (Wildman–Crippen MR) is 105 cm³/mol. The summed E-state index contributed by atoms with van der Waals surface area (Å²) in [6.45, 7) is 0.342. The van der Waals surface area contributed by atoms with Crippen molar-refractivity contribution < 1.29 is 14.3 Å². The van der Waals surface area contributed by atoms with Crippen molar-refractivity contribution >= 4 is 40.4 Å². The first-order chi connectivity index (χ1) is 13.6. The van der Waals surface area contributed by atoms with Crippen LogP contribution in [0.4, 0.5) is 5.69 Å². The number of rotatable bonds is 8.